The Bertz CT molecular complexity index is 883. The fourth-order valence-electron chi connectivity index (χ4n) is 3.03. The van der Waals surface area contributed by atoms with Gasteiger partial charge >= 0.3 is 0 Å². The third-order valence-corrected chi connectivity index (χ3v) is 5.46. The van der Waals surface area contributed by atoms with Crippen molar-refractivity contribution in [1.29, 1.82) is 0 Å². The van der Waals surface area contributed by atoms with Gasteiger partial charge in [-0.3, -0.25) is 4.79 Å². The summed E-state index contributed by atoms with van der Waals surface area (Å²) in [5.74, 6) is 0.149. The number of ketones is 1. The summed E-state index contributed by atoms with van der Waals surface area (Å²) in [4.78, 5) is 12.9. The van der Waals surface area contributed by atoms with E-state index >= 15 is 0 Å². The summed E-state index contributed by atoms with van der Waals surface area (Å²) in [5.41, 5.74) is 5.39. The molecule has 0 aliphatic rings. The largest absolute Gasteiger partial charge is 0.378 e. The molecule has 0 spiro atoms. The maximum atomic E-state index is 12.9. The third kappa shape index (κ3) is 5.42. The van der Waals surface area contributed by atoms with E-state index in [1.54, 1.807) is 0 Å². The molecule has 27 heavy (non-hydrogen) atoms. The second-order valence-electron chi connectivity index (χ2n) is 6.79. The average molecular weight is 469 g/mol. The summed E-state index contributed by atoms with van der Waals surface area (Å²) in [7, 11) is 0. The second kappa shape index (κ2) is 9.18. The van der Waals surface area contributed by atoms with Crippen LogP contribution in [0.25, 0.3) is 0 Å². The molecule has 0 aromatic heterocycles. The molecule has 0 heterocycles. The molecule has 0 fully saturated rings. The van der Waals surface area contributed by atoms with Gasteiger partial charge in [-0.2, -0.15) is 0 Å². The van der Waals surface area contributed by atoms with Crippen molar-refractivity contribution >= 4 is 34.1 Å². The number of hydrogen-bond acceptors (Lipinski definition) is 2. The minimum Gasteiger partial charge on any atom is -0.378 e. The van der Waals surface area contributed by atoms with Crippen LogP contribution in [0, 0.1) is 10.5 Å². The highest BCUT2D eigenvalue weighted by Gasteiger charge is 2.17. The smallest absolute Gasteiger partial charge is 0.165 e. The van der Waals surface area contributed by atoms with Gasteiger partial charge in [-0.1, -0.05) is 61.0 Å². The molecule has 138 valence electrons. The molecule has 2 nitrogen and oxygen atoms in total. The normalized spacial score (nSPS) is 11.8. The first-order valence-corrected chi connectivity index (χ1v) is 10.3. The zero-order chi connectivity index (χ0) is 19.2. The Morgan fingerprint density at radius 3 is 2.15 bits per heavy atom. The molecule has 0 radical (unpaired) electrons. The summed E-state index contributed by atoms with van der Waals surface area (Å²) in [6.07, 6.45) is 1.44. The topological polar surface area (TPSA) is 29.1 Å². The monoisotopic (exact) mass is 469 g/mol. The Morgan fingerprint density at radius 2 is 1.56 bits per heavy atom. The predicted octanol–water partition coefficient (Wildman–Crippen LogP) is 6.59. The summed E-state index contributed by atoms with van der Waals surface area (Å²) >= 11 is 2.30. The molecule has 0 saturated carbocycles. The fraction of sp³-hybridized carbons (Fsp3) is 0.208. The van der Waals surface area contributed by atoms with Gasteiger partial charge in [0.25, 0.3) is 0 Å². The second-order valence-corrected chi connectivity index (χ2v) is 8.04. The number of anilines is 1. The molecular formula is C24H24INO. The lowest BCUT2D eigenvalue weighted by atomic mass is 9.97. The molecule has 3 heteroatoms. The Kier molecular flexibility index (Phi) is 6.67. The van der Waals surface area contributed by atoms with Gasteiger partial charge in [0.15, 0.2) is 5.78 Å². The molecule has 0 aliphatic carbocycles. The summed E-state index contributed by atoms with van der Waals surface area (Å²) < 4.78 is 1.19. The number of hydrogen-bond donors (Lipinski definition) is 1. The van der Waals surface area contributed by atoms with Crippen molar-refractivity contribution in [2.24, 2.45) is 0 Å². The van der Waals surface area contributed by atoms with Crippen molar-refractivity contribution < 1.29 is 4.79 Å². The van der Waals surface area contributed by atoms with Gasteiger partial charge < -0.3 is 5.32 Å². The van der Waals surface area contributed by atoms with E-state index in [4.69, 9.17) is 0 Å². The van der Waals surface area contributed by atoms with E-state index in [0.717, 1.165) is 28.8 Å². The maximum absolute atomic E-state index is 12.9. The van der Waals surface area contributed by atoms with Gasteiger partial charge in [-0.05, 0) is 71.3 Å². The van der Waals surface area contributed by atoms with Crippen molar-refractivity contribution in [3.8, 4) is 0 Å². The number of carbonyl (C=O) groups excluding carboxylic acids is 1. The molecule has 0 bridgehead atoms. The minimum absolute atomic E-state index is 0.0664. The molecule has 1 atom stereocenters. The van der Waals surface area contributed by atoms with E-state index in [1.807, 2.05) is 31.2 Å². The molecule has 3 aromatic rings. The van der Waals surface area contributed by atoms with Gasteiger partial charge in [-0.15, -0.1) is 0 Å². The van der Waals surface area contributed by atoms with Gasteiger partial charge in [0.1, 0.15) is 0 Å². The predicted molar refractivity (Wildman–Crippen MR) is 121 cm³/mol. The van der Waals surface area contributed by atoms with Crippen molar-refractivity contribution in [2.45, 2.75) is 32.7 Å². The third-order valence-electron chi connectivity index (χ3n) is 4.74. The van der Waals surface area contributed by atoms with E-state index in [1.165, 1.54) is 9.13 Å². The van der Waals surface area contributed by atoms with E-state index in [2.05, 4.69) is 83.4 Å². The number of benzene rings is 3. The lowest BCUT2D eigenvalue weighted by Crippen LogP contribution is -2.16. The van der Waals surface area contributed by atoms with Crippen LogP contribution >= 0.6 is 22.6 Å². The first-order chi connectivity index (χ1) is 13.0. The Labute approximate surface area is 175 Å². The van der Waals surface area contributed by atoms with Gasteiger partial charge in [-0.25, -0.2) is 0 Å². The molecular weight excluding hydrogens is 445 g/mol. The fourth-order valence-corrected chi connectivity index (χ4v) is 3.39. The van der Waals surface area contributed by atoms with Crippen LogP contribution in [-0.2, 0) is 6.42 Å². The number of nitrogens with one attached hydrogen (secondary N) is 1. The standard InChI is InChI=1S/C24H24INO/c1-3-18-6-14-22(15-7-18)26-23(19-10-12-21(25)13-11-19)16-24(27)20-8-4-17(2)5-9-20/h4-15,23,26H,3,16H2,1-2H3/t23-/m0/s1. The molecule has 0 aliphatic heterocycles. The molecule has 0 saturated heterocycles. The first-order valence-electron chi connectivity index (χ1n) is 9.26. The lowest BCUT2D eigenvalue weighted by molar-refractivity contribution is 0.0976. The number of halogens is 1. The zero-order valence-corrected chi connectivity index (χ0v) is 17.9. The van der Waals surface area contributed by atoms with E-state index in [0.29, 0.717) is 6.42 Å². The molecule has 3 aromatic carbocycles. The van der Waals surface area contributed by atoms with Crippen LogP contribution in [0.4, 0.5) is 5.69 Å². The lowest BCUT2D eigenvalue weighted by Gasteiger charge is -2.20. The van der Waals surface area contributed by atoms with Crippen LogP contribution in [0.5, 0.6) is 0 Å². The highest BCUT2D eigenvalue weighted by Crippen LogP contribution is 2.26. The van der Waals surface area contributed by atoms with Crippen LogP contribution < -0.4 is 5.32 Å². The summed E-state index contributed by atoms with van der Waals surface area (Å²) in [5, 5.41) is 3.55. The van der Waals surface area contributed by atoms with E-state index < -0.39 is 0 Å². The van der Waals surface area contributed by atoms with Gasteiger partial charge in [0.05, 0.1) is 6.04 Å². The number of carbonyl (C=O) groups is 1. The Hall–Kier alpha value is -2.14. The summed E-state index contributed by atoms with van der Waals surface area (Å²) in [6, 6.07) is 24.6. The highest BCUT2D eigenvalue weighted by atomic mass is 127. The van der Waals surface area contributed by atoms with Crippen LogP contribution in [-0.4, -0.2) is 5.78 Å². The van der Waals surface area contributed by atoms with Crippen LogP contribution in [0.3, 0.4) is 0 Å². The summed E-state index contributed by atoms with van der Waals surface area (Å²) in [6.45, 7) is 4.18. The average Bonchev–Trinajstić information content (AvgIpc) is 2.69. The van der Waals surface area contributed by atoms with E-state index in [9.17, 15) is 4.79 Å². The van der Waals surface area contributed by atoms with Crippen molar-refractivity contribution in [3.63, 3.8) is 0 Å². The van der Waals surface area contributed by atoms with E-state index in [-0.39, 0.29) is 11.8 Å². The Balaban J connectivity index is 1.83. The number of aryl methyl sites for hydroxylation is 2. The molecule has 3 rings (SSSR count). The minimum atomic E-state index is -0.0664. The Morgan fingerprint density at radius 1 is 0.926 bits per heavy atom. The quantitative estimate of drug-likeness (QED) is 0.313. The number of Topliss-reactive ketones (excluding diaryl/α,β-unsaturated/α-hetero) is 1. The zero-order valence-electron chi connectivity index (χ0n) is 15.7. The van der Waals surface area contributed by atoms with Crippen LogP contribution in [0.2, 0.25) is 0 Å². The van der Waals surface area contributed by atoms with Gasteiger partial charge in [0, 0.05) is 21.2 Å². The highest BCUT2D eigenvalue weighted by molar-refractivity contribution is 14.1. The molecule has 0 unspecified atom stereocenters. The maximum Gasteiger partial charge on any atom is 0.165 e. The molecule has 1 N–H and O–H groups in total. The number of rotatable bonds is 7. The SMILES string of the molecule is CCc1ccc(N[C@@H](CC(=O)c2ccc(C)cc2)c2ccc(I)cc2)cc1. The van der Waals surface area contributed by atoms with Crippen LogP contribution in [0.1, 0.15) is 46.4 Å². The first kappa shape index (κ1) is 19.6. The molecule has 0 amide bonds. The van der Waals surface area contributed by atoms with Gasteiger partial charge in [0.2, 0.25) is 0 Å². The van der Waals surface area contributed by atoms with Crippen molar-refractivity contribution in [2.75, 3.05) is 5.32 Å². The van der Waals surface area contributed by atoms with Crippen LogP contribution in [0.15, 0.2) is 72.8 Å². The van der Waals surface area contributed by atoms with Crippen molar-refractivity contribution in [3.05, 3.63) is 98.6 Å². The van der Waals surface area contributed by atoms with Crippen molar-refractivity contribution in [1.82, 2.24) is 0 Å².